The number of aromatic nitrogens is 2. The van der Waals surface area contributed by atoms with Crippen molar-refractivity contribution in [3.63, 3.8) is 0 Å². The van der Waals surface area contributed by atoms with Gasteiger partial charge in [0, 0.05) is 22.2 Å². The minimum absolute atomic E-state index is 0.131. The minimum atomic E-state index is 0.131. The van der Waals surface area contributed by atoms with Crippen LogP contribution in [-0.4, -0.2) is 4.98 Å². The average molecular weight is 486 g/mol. The van der Waals surface area contributed by atoms with Crippen LogP contribution >= 0.6 is 0 Å². The fourth-order valence-electron chi connectivity index (χ4n) is 6.70. The monoisotopic (exact) mass is 485 g/mol. The van der Waals surface area contributed by atoms with Crippen molar-refractivity contribution in [2.24, 2.45) is 7.05 Å². The van der Waals surface area contributed by atoms with E-state index in [9.17, 15) is 0 Å². The molecule has 0 bridgehead atoms. The van der Waals surface area contributed by atoms with Gasteiger partial charge < -0.3 is 4.42 Å². The summed E-state index contributed by atoms with van der Waals surface area (Å²) in [5.41, 5.74) is 9.44. The highest BCUT2D eigenvalue weighted by Gasteiger charge is 2.39. The molecule has 3 heteroatoms. The van der Waals surface area contributed by atoms with Gasteiger partial charge in [-0.1, -0.05) is 64.1 Å². The first-order chi connectivity index (χ1) is 17.7. The van der Waals surface area contributed by atoms with Crippen LogP contribution in [0.2, 0.25) is 0 Å². The van der Waals surface area contributed by atoms with Crippen molar-refractivity contribution in [1.82, 2.24) is 4.98 Å². The fourth-order valence-corrected chi connectivity index (χ4v) is 6.70. The smallest absolute Gasteiger partial charge is 0.227 e. The molecule has 0 atom stereocenters. The van der Waals surface area contributed by atoms with Crippen LogP contribution in [0.5, 0.6) is 0 Å². The van der Waals surface area contributed by atoms with E-state index in [1.807, 2.05) is 12.1 Å². The van der Waals surface area contributed by atoms with E-state index in [0.717, 1.165) is 32.8 Å². The Bertz CT molecular complexity index is 1910. The maximum atomic E-state index is 6.59. The van der Waals surface area contributed by atoms with Crippen LogP contribution in [0, 0.1) is 6.92 Å². The summed E-state index contributed by atoms with van der Waals surface area (Å²) in [5, 5.41) is 5.96. The third-order valence-corrected chi connectivity index (χ3v) is 8.88. The number of furan rings is 1. The van der Waals surface area contributed by atoms with Gasteiger partial charge in [0.1, 0.15) is 7.05 Å². The van der Waals surface area contributed by atoms with E-state index in [1.54, 1.807) is 0 Å². The van der Waals surface area contributed by atoms with E-state index in [-0.39, 0.29) is 10.8 Å². The summed E-state index contributed by atoms with van der Waals surface area (Å²) in [7, 11) is 2.15. The summed E-state index contributed by atoms with van der Waals surface area (Å²) in [5.74, 6) is 0. The van der Waals surface area contributed by atoms with Crippen molar-refractivity contribution >= 4 is 43.7 Å². The average Bonchev–Trinajstić information content (AvgIpc) is 3.22. The molecule has 3 nitrogen and oxygen atoms in total. The molecule has 0 aliphatic heterocycles. The predicted octanol–water partition coefficient (Wildman–Crippen LogP) is 8.44. The zero-order chi connectivity index (χ0) is 25.7. The van der Waals surface area contributed by atoms with E-state index < -0.39 is 0 Å². The Balaban J connectivity index is 1.60. The number of aryl methyl sites for hydroxylation is 2. The predicted molar refractivity (Wildman–Crippen MR) is 153 cm³/mol. The first kappa shape index (κ1) is 22.5. The summed E-state index contributed by atoms with van der Waals surface area (Å²) < 4.78 is 8.85. The Morgan fingerprint density at radius 1 is 0.811 bits per heavy atom. The normalized spacial score (nSPS) is 16.6. The second-order valence-corrected chi connectivity index (χ2v) is 12.3. The standard InChI is InChI=1S/C34H33N2O/c1-20-11-12-24-25-19-21-9-7-8-10-27(21)35-32(25)37-31(24)28(20)30-23-13-14-26-29(22(23)15-18-36(30)6)34(4,5)17-16-33(26,2)3/h7-15,18-19H,16-17H2,1-6H3/q+1. The largest absolute Gasteiger partial charge is 0.437 e. The lowest BCUT2D eigenvalue weighted by molar-refractivity contribution is -0.659. The first-order valence-corrected chi connectivity index (χ1v) is 13.3. The number of nitrogens with zero attached hydrogens (tertiary/aromatic N) is 2. The van der Waals surface area contributed by atoms with E-state index >= 15 is 0 Å². The van der Waals surface area contributed by atoms with Crippen molar-refractivity contribution < 1.29 is 8.98 Å². The van der Waals surface area contributed by atoms with Gasteiger partial charge in [-0.25, -0.2) is 9.55 Å². The molecule has 0 saturated carbocycles. The number of rotatable bonds is 1. The van der Waals surface area contributed by atoms with Gasteiger partial charge in [0.25, 0.3) is 0 Å². The summed E-state index contributed by atoms with van der Waals surface area (Å²) in [6.07, 6.45) is 4.63. The molecule has 0 N–H and O–H groups in total. The molecular formula is C34H33N2O+. The van der Waals surface area contributed by atoms with Gasteiger partial charge in [-0.3, -0.25) is 0 Å². The lowest BCUT2D eigenvalue weighted by atomic mass is 9.62. The molecule has 3 heterocycles. The molecular weight excluding hydrogens is 452 g/mol. The molecule has 0 unspecified atom stereocenters. The quantitative estimate of drug-likeness (QED) is 0.219. The lowest BCUT2D eigenvalue weighted by Crippen LogP contribution is -2.35. The van der Waals surface area contributed by atoms with Crippen LogP contribution in [0.3, 0.4) is 0 Å². The van der Waals surface area contributed by atoms with Gasteiger partial charge in [-0.15, -0.1) is 0 Å². The molecule has 0 saturated heterocycles. The van der Waals surface area contributed by atoms with Crippen molar-refractivity contribution in [3.05, 3.63) is 83.6 Å². The summed E-state index contributed by atoms with van der Waals surface area (Å²) in [6, 6.07) is 22.0. The Labute approximate surface area is 217 Å². The first-order valence-electron chi connectivity index (χ1n) is 13.3. The van der Waals surface area contributed by atoms with E-state index in [1.165, 1.54) is 46.0 Å². The van der Waals surface area contributed by atoms with Gasteiger partial charge in [0.15, 0.2) is 11.8 Å². The number of fused-ring (bicyclic) bond motifs is 7. The molecule has 0 fully saturated rings. The van der Waals surface area contributed by atoms with Crippen molar-refractivity contribution in [3.8, 4) is 11.3 Å². The van der Waals surface area contributed by atoms with E-state index in [0.29, 0.717) is 5.71 Å². The second-order valence-electron chi connectivity index (χ2n) is 12.3. The Kier molecular flexibility index (Phi) is 4.50. The number of hydrogen-bond acceptors (Lipinski definition) is 2. The molecule has 37 heavy (non-hydrogen) atoms. The fraction of sp³-hybridized carbons (Fsp3) is 0.294. The number of benzene rings is 3. The summed E-state index contributed by atoms with van der Waals surface area (Å²) in [6.45, 7) is 11.8. The van der Waals surface area contributed by atoms with Gasteiger partial charge in [-0.2, -0.15) is 0 Å². The van der Waals surface area contributed by atoms with Crippen molar-refractivity contribution in [2.75, 3.05) is 0 Å². The minimum Gasteiger partial charge on any atom is -0.437 e. The zero-order valence-electron chi connectivity index (χ0n) is 22.6. The van der Waals surface area contributed by atoms with Gasteiger partial charge >= 0.3 is 0 Å². The second kappa shape index (κ2) is 7.41. The van der Waals surface area contributed by atoms with Crippen LogP contribution in [-0.2, 0) is 17.9 Å². The Hall–Kier alpha value is -3.72. The van der Waals surface area contributed by atoms with Crippen LogP contribution in [0.25, 0.3) is 55.0 Å². The number of pyridine rings is 2. The van der Waals surface area contributed by atoms with Gasteiger partial charge in [0.05, 0.1) is 16.5 Å². The maximum Gasteiger partial charge on any atom is 0.227 e. The van der Waals surface area contributed by atoms with Crippen molar-refractivity contribution in [2.45, 2.75) is 58.3 Å². The number of para-hydroxylation sites is 1. The molecule has 6 aromatic rings. The Morgan fingerprint density at radius 2 is 1.57 bits per heavy atom. The van der Waals surface area contributed by atoms with E-state index in [4.69, 9.17) is 9.40 Å². The molecule has 0 spiro atoms. The zero-order valence-corrected chi connectivity index (χ0v) is 22.6. The molecule has 0 amide bonds. The molecule has 3 aromatic carbocycles. The van der Waals surface area contributed by atoms with Gasteiger partial charge in [-0.05, 0) is 70.9 Å². The highest BCUT2D eigenvalue weighted by atomic mass is 16.3. The highest BCUT2D eigenvalue weighted by Crippen LogP contribution is 2.49. The van der Waals surface area contributed by atoms with Crippen LogP contribution in [0.4, 0.5) is 0 Å². The third kappa shape index (κ3) is 3.13. The summed E-state index contributed by atoms with van der Waals surface area (Å²) >= 11 is 0. The Morgan fingerprint density at radius 3 is 2.41 bits per heavy atom. The molecule has 1 aliphatic carbocycles. The molecule has 3 aromatic heterocycles. The topological polar surface area (TPSA) is 29.9 Å². The molecule has 7 rings (SSSR count). The van der Waals surface area contributed by atoms with Crippen LogP contribution in [0.15, 0.2) is 71.3 Å². The third-order valence-electron chi connectivity index (χ3n) is 8.88. The molecule has 1 aliphatic rings. The SMILES string of the molecule is Cc1ccc2c(oc3nc4ccccc4cc32)c1-c1c2ccc3c(c2cc[n+]1C)C(C)(C)CCC3(C)C. The van der Waals surface area contributed by atoms with E-state index in [2.05, 4.69) is 101 Å². The molecule has 0 radical (unpaired) electrons. The highest BCUT2D eigenvalue weighted by molar-refractivity contribution is 6.13. The maximum absolute atomic E-state index is 6.59. The van der Waals surface area contributed by atoms with Gasteiger partial charge in [0.2, 0.25) is 11.4 Å². The lowest BCUT2D eigenvalue weighted by Gasteiger charge is -2.42. The van der Waals surface area contributed by atoms with Crippen LogP contribution < -0.4 is 4.57 Å². The summed E-state index contributed by atoms with van der Waals surface area (Å²) in [4.78, 5) is 4.88. The molecule has 184 valence electrons. The van der Waals surface area contributed by atoms with Crippen LogP contribution in [0.1, 0.15) is 57.2 Å². The number of hydrogen-bond donors (Lipinski definition) is 0. The van der Waals surface area contributed by atoms with Crippen molar-refractivity contribution in [1.29, 1.82) is 0 Å².